The first-order valence-electron chi connectivity index (χ1n) is 5.36. The third-order valence-electron chi connectivity index (χ3n) is 3.04. The van der Waals surface area contributed by atoms with Crippen molar-refractivity contribution in [2.24, 2.45) is 0 Å². The summed E-state index contributed by atoms with van der Waals surface area (Å²) in [6, 6.07) is 4.16. The number of hydrogen-bond acceptors (Lipinski definition) is 3. The van der Waals surface area contributed by atoms with E-state index in [-0.39, 0.29) is 11.1 Å². The summed E-state index contributed by atoms with van der Waals surface area (Å²) in [6.07, 6.45) is -5.06. The molecule has 0 amide bonds. The number of ether oxygens (including phenoxy) is 2. The predicted molar refractivity (Wildman–Crippen MR) is 55.4 cm³/mol. The van der Waals surface area contributed by atoms with Crippen LogP contribution < -0.4 is 4.74 Å². The Kier molecular flexibility index (Phi) is 2.37. The summed E-state index contributed by atoms with van der Waals surface area (Å²) in [5, 5.41) is 8.97. The molecule has 7 heteroatoms. The zero-order valence-corrected chi connectivity index (χ0v) is 9.27. The predicted octanol–water partition coefficient (Wildman–Crippen LogP) is 2.72. The van der Waals surface area contributed by atoms with Gasteiger partial charge in [-0.2, -0.15) is 0 Å². The van der Waals surface area contributed by atoms with Crippen LogP contribution in [0.4, 0.5) is 13.2 Å². The third kappa shape index (κ3) is 1.86. The molecule has 2 bridgehead atoms. The average Bonchev–Trinajstić information content (AvgIpc) is 2.85. The van der Waals surface area contributed by atoms with Crippen molar-refractivity contribution in [3.05, 3.63) is 41.0 Å². The quantitative estimate of drug-likeness (QED) is 0.899. The van der Waals surface area contributed by atoms with Gasteiger partial charge in [0.1, 0.15) is 18.0 Å². The maximum atomic E-state index is 12.3. The van der Waals surface area contributed by atoms with Crippen molar-refractivity contribution < 1.29 is 32.5 Å². The minimum atomic E-state index is -4.83. The van der Waals surface area contributed by atoms with Gasteiger partial charge in [-0.25, -0.2) is 4.79 Å². The lowest BCUT2D eigenvalue weighted by atomic mass is 9.91. The molecule has 2 aliphatic rings. The Balaban J connectivity index is 2.05. The molecule has 19 heavy (non-hydrogen) atoms. The topological polar surface area (TPSA) is 55.8 Å². The lowest BCUT2D eigenvalue weighted by molar-refractivity contribution is -0.275. The molecule has 2 unspecified atom stereocenters. The fraction of sp³-hybridized carbons (Fsp3) is 0.250. The van der Waals surface area contributed by atoms with Crippen LogP contribution in [0, 0.1) is 0 Å². The second-order valence-corrected chi connectivity index (χ2v) is 4.17. The largest absolute Gasteiger partial charge is 0.573 e. The molecular formula is C12H7F3O4. The molecule has 0 saturated heterocycles. The lowest BCUT2D eigenvalue weighted by Crippen LogP contribution is -2.19. The van der Waals surface area contributed by atoms with Crippen molar-refractivity contribution >= 4 is 5.97 Å². The summed E-state index contributed by atoms with van der Waals surface area (Å²) >= 11 is 0. The van der Waals surface area contributed by atoms with E-state index in [1.54, 1.807) is 6.07 Å². The Hall–Kier alpha value is -2.02. The summed E-state index contributed by atoms with van der Waals surface area (Å²) in [5.41, 5.74) is 0.595. The normalized spacial score (nSPS) is 24.1. The molecule has 100 valence electrons. The van der Waals surface area contributed by atoms with Crippen molar-refractivity contribution in [3.63, 3.8) is 0 Å². The van der Waals surface area contributed by atoms with Crippen molar-refractivity contribution in [2.75, 3.05) is 0 Å². The van der Waals surface area contributed by atoms with Crippen LogP contribution in [0.2, 0.25) is 0 Å². The molecule has 0 aromatic heterocycles. The van der Waals surface area contributed by atoms with Crippen molar-refractivity contribution in [2.45, 2.75) is 18.6 Å². The van der Waals surface area contributed by atoms with Gasteiger partial charge in [0.25, 0.3) is 0 Å². The van der Waals surface area contributed by atoms with Gasteiger partial charge in [-0.3, -0.25) is 0 Å². The Bertz CT molecular complexity index is 591. The highest BCUT2D eigenvalue weighted by molar-refractivity contribution is 5.90. The first-order chi connectivity index (χ1) is 8.87. The van der Waals surface area contributed by atoms with Crippen LogP contribution in [-0.4, -0.2) is 17.4 Å². The van der Waals surface area contributed by atoms with Crippen molar-refractivity contribution in [1.82, 2.24) is 0 Å². The van der Waals surface area contributed by atoms with Crippen LogP contribution in [-0.2, 0) is 9.53 Å². The number of hydrogen-bond donors (Lipinski definition) is 1. The van der Waals surface area contributed by atoms with Crippen LogP contribution >= 0.6 is 0 Å². The standard InChI is InChI=1S/C12H7F3O4/c13-12(14,15)19-7-3-1-2-5-8-4-6(11(16)17)10(18-8)9(5)7/h1-4,8,10H,(H,16,17). The van der Waals surface area contributed by atoms with E-state index in [4.69, 9.17) is 9.84 Å². The molecule has 2 heterocycles. The van der Waals surface area contributed by atoms with Gasteiger partial charge in [0.15, 0.2) is 0 Å². The van der Waals surface area contributed by atoms with E-state index in [9.17, 15) is 18.0 Å². The zero-order valence-electron chi connectivity index (χ0n) is 9.27. The Morgan fingerprint density at radius 3 is 2.74 bits per heavy atom. The summed E-state index contributed by atoms with van der Waals surface area (Å²) in [7, 11) is 0. The van der Waals surface area contributed by atoms with Gasteiger partial charge in [-0.15, -0.1) is 13.2 Å². The number of fused-ring (bicyclic) bond motifs is 5. The first-order valence-corrected chi connectivity index (χ1v) is 5.36. The van der Waals surface area contributed by atoms with E-state index < -0.39 is 30.3 Å². The molecule has 1 N–H and O–H groups in total. The van der Waals surface area contributed by atoms with Gasteiger partial charge < -0.3 is 14.6 Å². The minimum Gasteiger partial charge on any atom is -0.478 e. The highest BCUT2D eigenvalue weighted by atomic mass is 19.4. The van der Waals surface area contributed by atoms with Gasteiger partial charge in [0.2, 0.25) is 0 Å². The van der Waals surface area contributed by atoms with E-state index >= 15 is 0 Å². The molecule has 1 aromatic rings. The highest BCUT2D eigenvalue weighted by Gasteiger charge is 2.45. The molecular weight excluding hydrogens is 265 g/mol. The van der Waals surface area contributed by atoms with Gasteiger partial charge in [0.05, 0.1) is 5.57 Å². The number of carboxylic acids is 1. The molecule has 0 saturated carbocycles. The van der Waals surface area contributed by atoms with Crippen molar-refractivity contribution in [1.29, 1.82) is 0 Å². The van der Waals surface area contributed by atoms with Crippen LogP contribution in [0.15, 0.2) is 29.8 Å². The molecule has 0 fully saturated rings. The van der Waals surface area contributed by atoms with E-state index in [2.05, 4.69) is 4.74 Å². The molecule has 4 nitrogen and oxygen atoms in total. The Morgan fingerprint density at radius 1 is 1.37 bits per heavy atom. The zero-order chi connectivity index (χ0) is 13.8. The van der Waals surface area contributed by atoms with Crippen LogP contribution in [0.3, 0.4) is 0 Å². The molecule has 2 aliphatic heterocycles. The van der Waals surface area contributed by atoms with Gasteiger partial charge in [-0.05, 0) is 17.7 Å². The second kappa shape index (κ2) is 3.74. The van der Waals surface area contributed by atoms with Crippen molar-refractivity contribution in [3.8, 4) is 5.75 Å². The van der Waals surface area contributed by atoms with E-state index in [1.807, 2.05) is 0 Å². The maximum Gasteiger partial charge on any atom is 0.573 e. The van der Waals surface area contributed by atoms with E-state index in [0.717, 1.165) is 6.07 Å². The molecule has 0 radical (unpaired) electrons. The smallest absolute Gasteiger partial charge is 0.478 e. The fourth-order valence-electron chi connectivity index (χ4n) is 2.38. The number of carbonyl (C=O) groups is 1. The molecule has 1 aromatic carbocycles. The lowest BCUT2D eigenvalue weighted by Gasteiger charge is -2.17. The molecule has 0 aliphatic carbocycles. The first kappa shape index (κ1) is 12.0. The van der Waals surface area contributed by atoms with Gasteiger partial charge in [0, 0.05) is 5.56 Å². The molecule has 3 rings (SSSR count). The number of benzene rings is 1. The Morgan fingerprint density at radius 2 is 2.11 bits per heavy atom. The number of carboxylic acid groups (broad SMARTS) is 1. The van der Waals surface area contributed by atoms with Crippen LogP contribution in [0.1, 0.15) is 23.3 Å². The summed E-state index contributed by atoms with van der Waals surface area (Å²) < 4.78 is 46.2. The fourth-order valence-corrected chi connectivity index (χ4v) is 2.38. The maximum absolute atomic E-state index is 12.3. The molecule has 2 atom stereocenters. The summed E-state index contributed by atoms with van der Waals surface area (Å²) in [5.74, 6) is -1.62. The second-order valence-electron chi connectivity index (χ2n) is 4.17. The minimum absolute atomic E-state index is 0.0595. The number of rotatable bonds is 2. The Labute approximate surface area is 105 Å². The van der Waals surface area contributed by atoms with E-state index in [0.29, 0.717) is 5.56 Å². The van der Waals surface area contributed by atoms with E-state index in [1.165, 1.54) is 12.1 Å². The monoisotopic (exact) mass is 272 g/mol. The number of halogens is 3. The van der Waals surface area contributed by atoms with Gasteiger partial charge >= 0.3 is 12.3 Å². The average molecular weight is 272 g/mol. The SMILES string of the molecule is O=C(O)C1=CC2OC1c1c(OC(F)(F)F)cccc12. The highest BCUT2D eigenvalue weighted by Crippen LogP contribution is 2.53. The van der Waals surface area contributed by atoms with Crippen LogP contribution in [0.25, 0.3) is 0 Å². The summed E-state index contributed by atoms with van der Waals surface area (Å²) in [6.45, 7) is 0. The number of aliphatic carboxylic acids is 1. The third-order valence-corrected chi connectivity index (χ3v) is 3.04. The van der Waals surface area contributed by atoms with Crippen LogP contribution in [0.5, 0.6) is 5.75 Å². The van der Waals surface area contributed by atoms with Gasteiger partial charge in [-0.1, -0.05) is 12.1 Å². The molecule has 0 spiro atoms. The summed E-state index contributed by atoms with van der Waals surface area (Å²) in [4.78, 5) is 11.0. The number of alkyl halides is 3.